The summed E-state index contributed by atoms with van der Waals surface area (Å²) in [5.41, 5.74) is 1.89. The van der Waals surface area contributed by atoms with Gasteiger partial charge in [-0.1, -0.05) is 29.4 Å². The Morgan fingerprint density at radius 2 is 1.89 bits per heavy atom. The highest BCUT2D eigenvalue weighted by Crippen LogP contribution is 2.34. The normalized spacial score (nSPS) is 22.8. The molecule has 0 aliphatic carbocycles. The second-order valence-electron chi connectivity index (χ2n) is 6.40. The molecule has 6 nitrogen and oxygen atoms in total. The maximum absolute atomic E-state index is 12.4. The largest absolute Gasteiger partial charge is 0.335 e. The van der Waals surface area contributed by atoms with Gasteiger partial charge in [0.05, 0.1) is 17.5 Å². The van der Waals surface area contributed by atoms with Gasteiger partial charge in [0.15, 0.2) is 15.0 Å². The molecule has 0 spiro atoms. The number of amidine groups is 1. The number of anilines is 2. The highest BCUT2D eigenvalue weighted by Gasteiger charge is 2.42. The summed E-state index contributed by atoms with van der Waals surface area (Å²) >= 11 is 7.29. The monoisotopic (exact) mass is 421 g/mol. The Hall–Kier alpha value is -2.03. The number of thioether (sulfide) groups is 1. The van der Waals surface area contributed by atoms with Gasteiger partial charge < -0.3 is 10.6 Å². The number of benzene rings is 2. The fourth-order valence-electron chi connectivity index (χ4n) is 3.01. The van der Waals surface area contributed by atoms with Crippen LogP contribution in [0.4, 0.5) is 11.4 Å². The minimum absolute atomic E-state index is 0.0196. The van der Waals surface area contributed by atoms with Gasteiger partial charge in [-0.3, -0.25) is 9.79 Å². The van der Waals surface area contributed by atoms with E-state index in [4.69, 9.17) is 11.6 Å². The Morgan fingerprint density at radius 1 is 1.11 bits per heavy atom. The molecular formula is C18H16ClN3O3S2. The fourth-order valence-corrected chi connectivity index (χ4v) is 6.82. The van der Waals surface area contributed by atoms with E-state index in [0.717, 1.165) is 5.69 Å². The van der Waals surface area contributed by atoms with Crippen molar-refractivity contribution in [2.24, 2.45) is 4.99 Å². The summed E-state index contributed by atoms with van der Waals surface area (Å²) in [6.45, 7) is 0. The standard InChI is InChI=1S/C18H16ClN3O3S2/c19-12-4-6-13(7-5-12)20-17(23)11-2-1-3-14(8-11)21-18-22-15-9-27(24,25)10-16(15)26-18/h1-8,15-16H,9-10H2,(H,20,23)(H,21,22)/t15-,16+/m0/s1. The van der Waals surface area contributed by atoms with Gasteiger partial charge in [-0.2, -0.15) is 0 Å². The van der Waals surface area contributed by atoms with Gasteiger partial charge in [-0.25, -0.2) is 8.42 Å². The Bertz CT molecular complexity index is 1020. The van der Waals surface area contributed by atoms with Crippen LogP contribution in [0.1, 0.15) is 10.4 Å². The summed E-state index contributed by atoms with van der Waals surface area (Å²) in [4.78, 5) is 16.9. The maximum Gasteiger partial charge on any atom is 0.255 e. The molecule has 1 saturated heterocycles. The van der Waals surface area contributed by atoms with Gasteiger partial charge >= 0.3 is 0 Å². The first-order chi connectivity index (χ1) is 12.9. The molecule has 140 valence electrons. The average Bonchev–Trinajstić information content (AvgIpc) is 3.09. The van der Waals surface area contributed by atoms with E-state index >= 15 is 0 Å². The smallest absolute Gasteiger partial charge is 0.255 e. The zero-order valence-corrected chi connectivity index (χ0v) is 16.4. The van der Waals surface area contributed by atoms with Gasteiger partial charge in [0.25, 0.3) is 5.91 Å². The average molecular weight is 422 g/mol. The molecule has 1 fully saturated rings. The number of nitrogens with one attached hydrogen (secondary N) is 2. The second kappa shape index (κ2) is 7.18. The van der Waals surface area contributed by atoms with Gasteiger partial charge in [0.2, 0.25) is 0 Å². The molecule has 2 aromatic rings. The summed E-state index contributed by atoms with van der Waals surface area (Å²) in [5, 5.41) is 7.28. The number of fused-ring (bicyclic) bond motifs is 1. The number of hydrogen-bond acceptors (Lipinski definition) is 6. The van der Waals surface area contributed by atoms with Gasteiger partial charge in [-0.05, 0) is 42.5 Å². The van der Waals surface area contributed by atoms with Crippen LogP contribution in [0.5, 0.6) is 0 Å². The van der Waals surface area contributed by atoms with Crippen LogP contribution in [0.2, 0.25) is 5.02 Å². The Morgan fingerprint density at radius 3 is 2.63 bits per heavy atom. The molecule has 0 saturated carbocycles. The molecule has 4 rings (SSSR count). The summed E-state index contributed by atoms with van der Waals surface area (Å²) in [7, 11) is -2.97. The number of sulfone groups is 1. The Kier molecular flexibility index (Phi) is 4.88. The summed E-state index contributed by atoms with van der Waals surface area (Å²) in [6.07, 6.45) is 0. The number of hydrogen-bond donors (Lipinski definition) is 2. The summed E-state index contributed by atoms with van der Waals surface area (Å²) in [5.74, 6) is 0.0462. The predicted octanol–water partition coefficient (Wildman–Crippen LogP) is 3.27. The van der Waals surface area contributed by atoms with Crippen molar-refractivity contribution in [3.05, 3.63) is 59.1 Å². The van der Waals surface area contributed by atoms with Crippen LogP contribution in [0.3, 0.4) is 0 Å². The highest BCUT2D eigenvalue weighted by molar-refractivity contribution is 8.15. The van der Waals surface area contributed by atoms with E-state index in [1.54, 1.807) is 42.5 Å². The van der Waals surface area contributed by atoms with Crippen LogP contribution >= 0.6 is 23.4 Å². The molecule has 9 heteroatoms. The molecule has 0 bridgehead atoms. The summed E-state index contributed by atoms with van der Waals surface area (Å²) in [6, 6.07) is 13.8. The third kappa shape index (κ3) is 4.28. The van der Waals surface area contributed by atoms with Crippen LogP contribution in [0.25, 0.3) is 0 Å². The first-order valence-corrected chi connectivity index (χ1v) is 11.3. The van der Waals surface area contributed by atoms with E-state index in [0.29, 0.717) is 21.4 Å². The number of rotatable bonds is 3. The molecule has 0 unspecified atom stereocenters. The van der Waals surface area contributed by atoms with Crippen LogP contribution < -0.4 is 10.6 Å². The van der Waals surface area contributed by atoms with Crippen LogP contribution in [-0.2, 0) is 9.84 Å². The maximum atomic E-state index is 12.4. The molecule has 1 amide bonds. The highest BCUT2D eigenvalue weighted by atomic mass is 35.5. The Labute approximate surface area is 166 Å². The van der Waals surface area contributed by atoms with Gasteiger partial charge in [0, 0.05) is 27.2 Å². The van der Waals surface area contributed by atoms with Crippen molar-refractivity contribution in [1.82, 2.24) is 0 Å². The van der Waals surface area contributed by atoms with Crippen molar-refractivity contribution in [2.75, 3.05) is 22.1 Å². The van der Waals surface area contributed by atoms with Crippen LogP contribution in [0, 0.1) is 0 Å². The van der Waals surface area contributed by atoms with E-state index in [1.807, 2.05) is 6.07 Å². The van der Waals surface area contributed by atoms with E-state index < -0.39 is 9.84 Å². The zero-order valence-electron chi connectivity index (χ0n) is 14.1. The van der Waals surface area contributed by atoms with Crippen molar-refractivity contribution in [2.45, 2.75) is 11.3 Å². The van der Waals surface area contributed by atoms with Gasteiger partial charge in [-0.15, -0.1) is 0 Å². The first-order valence-electron chi connectivity index (χ1n) is 8.27. The molecule has 2 aliphatic rings. The topological polar surface area (TPSA) is 87.6 Å². The van der Waals surface area contributed by atoms with Gasteiger partial charge in [0.1, 0.15) is 0 Å². The third-order valence-electron chi connectivity index (χ3n) is 4.30. The quantitative estimate of drug-likeness (QED) is 0.794. The van der Waals surface area contributed by atoms with Crippen LogP contribution in [0.15, 0.2) is 53.5 Å². The second-order valence-corrected chi connectivity index (χ2v) is 10.2. The number of carbonyl (C=O) groups is 1. The third-order valence-corrected chi connectivity index (χ3v) is 7.69. The minimum Gasteiger partial charge on any atom is -0.335 e. The zero-order chi connectivity index (χ0) is 19.0. The molecular weight excluding hydrogens is 406 g/mol. The van der Waals surface area contributed by atoms with E-state index in [-0.39, 0.29) is 28.7 Å². The van der Waals surface area contributed by atoms with Crippen molar-refractivity contribution < 1.29 is 13.2 Å². The van der Waals surface area contributed by atoms with Crippen molar-refractivity contribution in [1.29, 1.82) is 0 Å². The van der Waals surface area contributed by atoms with E-state index in [9.17, 15) is 13.2 Å². The number of carbonyl (C=O) groups excluding carboxylic acids is 1. The Balaban J connectivity index is 1.44. The SMILES string of the molecule is O=C(Nc1ccc(Cl)cc1)c1cccc(NC2=N[C@H]3CS(=O)(=O)C[C@H]3S2)c1. The fraction of sp³-hybridized carbons (Fsp3) is 0.222. The molecule has 2 N–H and O–H groups in total. The first kappa shape index (κ1) is 18.3. The molecule has 2 atom stereocenters. The molecule has 2 aromatic carbocycles. The van der Waals surface area contributed by atoms with E-state index in [1.165, 1.54) is 11.8 Å². The number of aliphatic imine (C=N–C) groups is 1. The summed E-state index contributed by atoms with van der Waals surface area (Å²) < 4.78 is 23.3. The van der Waals surface area contributed by atoms with Crippen molar-refractivity contribution in [3.8, 4) is 0 Å². The lowest BCUT2D eigenvalue weighted by Crippen LogP contribution is -2.14. The molecule has 0 aromatic heterocycles. The predicted molar refractivity (Wildman–Crippen MR) is 111 cm³/mol. The lowest BCUT2D eigenvalue weighted by molar-refractivity contribution is 0.102. The van der Waals surface area contributed by atoms with Crippen LogP contribution in [-0.4, -0.2) is 42.3 Å². The molecule has 2 aliphatic heterocycles. The van der Waals surface area contributed by atoms with Crippen molar-refractivity contribution in [3.63, 3.8) is 0 Å². The number of nitrogens with zero attached hydrogens (tertiary/aromatic N) is 1. The number of halogens is 1. The lowest BCUT2D eigenvalue weighted by atomic mass is 10.2. The molecule has 27 heavy (non-hydrogen) atoms. The molecule has 0 radical (unpaired) electrons. The van der Waals surface area contributed by atoms with Crippen molar-refractivity contribution >= 4 is 55.6 Å². The van der Waals surface area contributed by atoms with E-state index in [2.05, 4.69) is 15.6 Å². The minimum atomic E-state index is -2.97. The lowest BCUT2D eigenvalue weighted by Gasteiger charge is -2.09. The molecule has 2 heterocycles. The number of amides is 1.